The van der Waals surface area contributed by atoms with E-state index in [2.05, 4.69) is 20.1 Å². The summed E-state index contributed by atoms with van der Waals surface area (Å²) in [5, 5.41) is 10.9. The minimum Gasteiger partial charge on any atom is -0.301 e. The number of benzene rings is 4. The first kappa shape index (κ1) is 27.9. The Bertz CT molecular complexity index is 1600. The van der Waals surface area contributed by atoms with Crippen LogP contribution < -0.4 is 0 Å². The lowest BCUT2D eigenvalue weighted by Crippen LogP contribution is -2.33. The summed E-state index contributed by atoms with van der Waals surface area (Å²) in [6.45, 7) is 0. The minimum absolute atomic E-state index is 0.0933. The first-order chi connectivity index (χ1) is 18.7. The molecule has 0 aliphatic heterocycles. The van der Waals surface area contributed by atoms with E-state index in [1.54, 1.807) is 12.1 Å². The number of nitrogens with zero attached hydrogens (tertiary/aromatic N) is 8. The van der Waals surface area contributed by atoms with Crippen LogP contribution in [0.1, 0.15) is 23.2 Å². The molecule has 0 amide bonds. The second kappa shape index (κ2) is 11.7. The van der Waals surface area contributed by atoms with Gasteiger partial charge in [-0.2, -0.15) is 0 Å². The van der Waals surface area contributed by atoms with Crippen LogP contribution in [0.4, 0.5) is 11.4 Å². The van der Waals surface area contributed by atoms with Gasteiger partial charge in [0.15, 0.2) is 9.84 Å². The lowest BCUT2D eigenvalue weighted by Gasteiger charge is -2.29. The number of hydrogen-bond donors (Lipinski definition) is 0. The van der Waals surface area contributed by atoms with Gasteiger partial charge in [-0.1, -0.05) is 83.0 Å². The highest BCUT2D eigenvalue weighted by molar-refractivity contribution is 7.91. The monoisotopic (exact) mass is 542 g/mol. The summed E-state index contributed by atoms with van der Waals surface area (Å²) in [5.74, 6) is -0.187. The first-order valence-electron chi connectivity index (χ1n) is 12.3. The Morgan fingerprint density at radius 2 is 1.00 bits per heavy atom. The van der Waals surface area contributed by atoms with Crippen molar-refractivity contribution in [2.24, 2.45) is 10.2 Å². The van der Waals surface area contributed by atoms with E-state index < -0.39 is 21.9 Å². The molecule has 0 aliphatic carbocycles. The van der Waals surface area contributed by atoms with Crippen LogP contribution >= 0.6 is 0 Å². The first-order valence-corrected chi connectivity index (χ1v) is 14.2. The van der Waals surface area contributed by atoms with Crippen molar-refractivity contribution >= 4 is 42.8 Å². The average Bonchev–Trinajstić information content (AvgIpc) is 2.90. The van der Waals surface area contributed by atoms with Crippen molar-refractivity contribution in [3.05, 3.63) is 105 Å². The van der Waals surface area contributed by atoms with Crippen molar-refractivity contribution in [1.29, 1.82) is 0 Å². The maximum atomic E-state index is 13.8. The van der Waals surface area contributed by atoms with Crippen LogP contribution in [0.3, 0.4) is 0 Å². The van der Waals surface area contributed by atoms with E-state index in [-0.39, 0.29) is 11.5 Å². The van der Waals surface area contributed by atoms with Gasteiger partial charge in [-0.05, 0) is 71.9 Å². The predicted molar refractivity (Wildman–Crippen MR) is 157 cm³/mol. The van der Waals surface area contributed by atoms with Crippen LogP contribution in [0.2, 0.25) is 0 Å². The van der Waals surface area contributed by atoms with Crippen molar-refractivity contribution in [1.82, 2.24) is 9.80 Å². The molecule has 4 aromatic rings. The SMILES string of the molecule is CN(C)C(CS(=O)(=O)CC(c1cccc2c(N=[N+]=[N-])cccc12)N(C)C)c1cccc2c(N=[N+]=[N-])cccc12. The second-order valence-corrected chi connectivity index (χ2v) is 12.0. The standard InChI is InChI=1S/C28H30N8O2S/c1-35(2)27(23-13-5-11-21-19(23)9-7-15-25(21)31-33-29)17-39(37,38)18-28(36(3)4)24-14-6-12-22-20(24)10-8-16-26(22)32-34-30/h5-16,27-28H,17-18H2,1-4H3. The molecule has 0 saturated heterocycles. The van der Waals surface area contributed by atoms with Gasteiger partial charge in [0.1, 0.15) is 0 Å². The topological polar surface area (TPSA) is 138 Å². The van der Waals surface area contributed by atoms with Crippen molar-refractivity contribution < 1.29 is 8.42 Å². The summed E-state index contributed by atoms with van der Waals surface area (Å²) in [4.78, 5) is 9.67. The smallest absolute Gasteiger partial charge is 0.154 e. The molecule has 0 aromatic heterocycles. The molecule has 0 bridgehead atoms. The molecule has 2 atom stereocenters. The van der Waals surface area contributed by atoms with Crippen molar-refractivity contribution in [3.63, 3.8) is 0 Å². The summed E-state index contributed by atoms with van der Waals surface area (Å²) in [6.07, 6.45) is 0. The number of sulfone groups is 1. The molecule has 0 radical (unpaired) electrons. The summed E-state index contributed by atoms with van der Waals surface area (Å²) in [5.41, 5.74) is 20.6. The molecule has 0 spiro atoms. The molecular formula is C28H30N8O2S. The van der Waals surface area contributed by atoms with Crippen LogP contribution in [0, 0.1) is 0 Å². The van der Waals surface area contributed by atoms with Gasteiger partial charge < -0.3 is 9.80 Å². The third-order valence-electron chi connectivity index (χ3n) is 6.96. The molecule has 4 rings (SSSR count). The summed E-state index contributed by atoms with van der Waals surface area (Å²) >= 11 is 0. The lowest BCUT2D eigenvalue weighted by molar-refractivity contribution is 0.314. The molecule has 11 heteroatoms. The molecular weight excluding hydrogens is 512 g/mol. The Balaban J connectivity index is 1.74. The highest BCUT2D eigenvalue weighted by Crippen LogP contribution is 2.36. The van der Waals surface area contributed by atoms with E-state index >= 15 is 0 Å². The van der Waals surface area contributed by atoms with Crippen LogP contribution in [-0.2, 0) is 9.84 Å². The van der Waals surface area contributed by atoms with Gasteiger partial charge in [-0.25, -0.2) is 8.42 Å². The van der Waals surface area contributed by atoms with Crippen molar-refractivity contribution in [3.8, 4) is 0 Å². The number of fused-ring (bicyclic) bond motifs is 2. The Morgan fingerprint density at radius 1 is 0.641 bits per heavy atom. The van der Waals surface area contributed by atoms with E-state index in [1.165, 1.54) is 0 Å². The van der Waals surface area contributed by atoms with Crippen LogP contribution in [0.15, 0.2) is 83.0 Å². The Morgan fingerprint density at radius 3 is 1.36 bits per heavy atom. The molecule has 10 nitrogen and oxygen atoms in total. The maximum Gasteiger partial charge on any atom is 0.154 e. The predicted octanol–water partition coefficient (Wildman–Crippen LogP) is 7.20. The molecule has 0 saturated carbocycles. The molecule has 0 N–H and O–H groups in total. The Labute approximate surface area is 227 Å². The zero-order valence-electron chi connectivity index (χ0n) is 22.3. The maximum absolute atomic E-state index is 13.8. The Kier molecular flexibility index (Phi) is 8.40. The third kappa shape index (κ3) is 5.98. The van der Waals surface area contributed by atoms with Gasteiger partial charge in [-0.15, -0.1) is 0 Å². The fraction of sp³-hybridized carbons (Fsp3) is 0.286. The average molecular weight is 543 g/mol. The Hall–Kier alpha value is -4.11. The zero-order chi connectivity index (χ0) is 28.2. The van der Waals surface area contributed by atoms with Gasteiger partial charge in [0.2, 0.25) is 0 Å². The lowest BCUT2D eigenvalue weighted by atomic mass is 9.98. The highest BCUT2D eigenvalue weighted by atomic mass is 32.2. The van der Waals surface area contributed by atoms with E-state index in [4.69, 9.17) is 11.1 Å². The zero-order valence-corrected chi connectivity index (χ0v) is 23.1. The molecule has 200 valence electrons. The van der Waals surface area contributed by atoms with Crippen LogP contribution in [0.5, 0.6) is 0 Å². The van der Waals surface area contributed by atoms with E-state index in [1.807, 2.05) is 98.7 Å². The van der Waals surface area contributed by atoms with Crippen LogP contribution in [-0.4, -0.2) is 57.9 Å². The largest absolute Gasteiger partial charge is 0.301 e. The van der Waals surface area contributed by atoms with Gasteiger partial charge in [0, 0.05) is 33.3 Å². The van der Waals surface area contributed by atoms with Crippen molar-refractivity contribution in [2.45, 2.75) is 12.1 Å². The van der Waals surface area contributed by atoms with Crippen molar-refractivity contribution in [2.75, 3.05) is 39.7 Å². The molecule has 0 aliphatic rings. The molecule has 2 unspecified atom stereocenters. The van der Waals surface area contributed by atoms with E-state index in [0.29, 0.717) is 11.4 Å². The van der Waals surface area contributed by atoms with Gasteiger partial charge in [0.05, 0.1) is 11.5 Å². The summed E-state index contributed by atoms with van der Waals surface area (Å²) < 4.78 is 27.7. The van der Waals surface area contributed by atoms with E-state index in [9.17, 15) is 8.42 Å². The molecule has 0 heterocycles. The molecule has 4 aromatic carbocycles. The number of azide groups is 2. The highest BCUT2D eigenvalue weighted by Gasteiger charge is 2.29. The molecule has 0 fully saturated rings. The van der Waals surface area contributed by atoms with Gasteiger partial charge in [-0.3, -0.25) is 0 Å². The fourth-order valence-electron chi connectivity index (χ4n) is 5.07. The third-order valence-corrected chi connectivity index (χ3v) is 8.61. The number of rotatable bonds is 10. The minimum atomic E-state index is -3.59. The second-order valence-electron chi connectivity index (χ2n) is 9.85. The summed E-state index contributed by atoms with van der Waals surface area (Å²) in [7, 11) is 3.86. The quantitative estimate of drug-likeness (QED) is 0.119. The van der Waals surface area contributed by atoms with Gasteiger partial charge >= 0.3 is 0 Å². The number of hydrogen-bond acceptors (Lipinski definition) is 6. The summed E-state index contributed by atoms with van der Waals surface area (Å²) in [6, 6.07) is 21.4. The normalized spacial score (nSPS) is 13.3. The van der Waals surface area contributed by atoms with Gasteiger partial charge in [0.25, 0.3) is 0 Å². The van der Waals surface area contributed by atoms with Crippen LogP contribution in [0.25, 0.3) is 42.4 Å². The molecule has 39 heavy (non-hydrogen) atoms. The fourth-order valence-corrected chi connectivity index (χ4v) is 7.12. The van der Waals surface area contributed by atoms with E-state index in [0.717, 1.165) is 32.7 Å².